The molecule has 2 rings (SSSR count). The molecular formula is C15H14Br2O2. The summed E-state index contributed by atoms with van der Waals surface area (Å²) in [5, 5.41) is 0.836. The van der Waals surface area contributed by atoms with E-state index in [2.05, 4.69) is 31.9 Å². The SMILES string of the molecule is BrCc1ccc(OCCOc2ccccc2)c(Br)c1. The summed E-state index contributed by atoms with van der Waals surface area (Å²) < 4.78 is 12.2. The first-order valence-electron chi connectivity index (χ1n) is 5.94. The molecular weight excluding hydrogens is 372 g/mol. The highest BCUT2D eigenvalue weighted by molar-refractivity contribution is 9.10. The van der Waals surface area contributed by atoms with Crippen molar-refractivity contribution < 1.29 is 9.47 Å². The van der Waals surface area contributed by atoms with Gasteiger partial charge in [0, 0.05) is 5.33 Å². The number of benzene rings is 2. The Morgan fingerprint density at radius 3 is 2.32 bits per heavy atom. The predicted octanol–water partition coefficient (Wildman–Crippen LogP) is 4.80. The number of para-hydroxylation sites is 1. The monoisotopic (exact) mass is 384 g/mol. The lowest BCUT2D eigenvalue weighted by Gasteiger charge is -2.10. The van der Waals surface area contributed by atoms with Gasteiger partial charge in [-0.15, -0.1) is 0 Å². The Hall–Kier alpha value is -1.00. The third kappa shape index (κ3) is 4.55. The normalized spacial score (nSPS) is 10.2. The summed E-state index contributed by atoms with van der Waals surface area (Å²) in [6.45, 7) is 1.04. The Bertz CT molecular complexity index is 515. The van der Waals surface area contributed by atoms with Crippen LogP contribution in [0, 0.1) is 0 Å². The summed E-state index contributed by atoms with van der Waals surface area (Å²) in [7, 11) is 0. The van der Waals surface area contributed by atoms with E-state index in [1.165, 1.54) is 5.56 Å². The van der Waals surface area contributed by atoms with Crippen molar-refractivity contribution in [1.29, 1.82) is 0 Å². The van der Waals surface area contributed by atoms with Gasteiger partial charge in [-0.3, -0.25) is 0 Å². The van der Waals surface area contributed by atoms with Crippen LogP contribution in [0.3, 0.4) is 0 Å². The van der Waals surface area contributed by atoms with Crippen LogP contribution in [0.25, 0.3) is 0 Å². The van der Waals surface area contributed by atoms with Gasteiger partial charge < -0.3 is 9.47 Å². The highest BCUT2D eigenvalue weighted by Crippen LogP contribution is 2.26. The van der Waals surface area contributed by atoms with Gasteiger partial charge in [-0.2, -0.15) is 0 Å². The summed E-state index contributed by atoms with van der Waals surface area (Å²) in [5.41, 5.74) is 1.21. The van der Waals surface area contributed by atoms with E-state index in [4.69, 9.17) is 9.47 Å². The second kappa shape index (κ2) is 7.56. The first kappa shape index (κ1) is 14.4. The van der Waals surface area contributed by atoms with Crippen LogP contribution in [-0.2, 0) is 5.33 Å². The van der Waals surface area contributed by atoms with E-state index in [0.717, 1.165) is 21.3 Å². The average Bonchev–Trinajstić information content (AvgIpc) is 2.46. The lowest BCUT2D eigenvalue weighted by Crippen LogP contribution is -2.09. The van der Waals surface area contributed by atoms with Crippen molar-refractivity contribution in [2.24, 2.45) is 0 Å². The fourth-order valence-corrected chi connectivity index (χ4v) is 2.46. The molecule has 0 spiro atoms. The van der Waals surface area contributed by atoms with Gasteiger partial charge >= 0.3 is 0 Å². The molecule has 2 aromatic carbocycles. The lowest BCUT2D eigenvalue weighted by molar-refractivity contribution is 0.216. The average molecular weight is 386 g/mol. The molecule has 100 valence electrons. The minimum Gasteiger partial charge on any atom is -0.490 e. The summed E-state index contributed by atoms with van der Waals surface area (Å²) >= 11 is 6.92. The zero-order valence-electron chi connectivity index (χ0n) is 10.3. The number of alkyl halides is 1. The third-order valence-electron chi connectivity index (χ3n) is 2.50. The molecule has 0 bridgehead atoms. The standard InChI is InChI=1S/C15H14Br2O2/c16-11-12-6-7-15(14(17)10-12)19-9-8-18-13-4-2-1-3-5-13/h1-7,10H,8-9,11H2. The first-order valence-corrected chi connectivity index (χ1v) is 7.86. The largest absolute Gasteiger partial charge is 0.490 e. The zero-order valence-corrected chi connectivity index (χ0v) is 13.5. The molecule has 0 fully saturated rings. The van der Waals surface area contributed by atoms with E-state index in [1.807, 2.05) is 48.5 Å². The molecule has 0 radical (unpaired) electrons. The molecule has 2 nitrogen and oxygen atoms in total. The van der Waals surface area contributed by atoms with Gasteiger partial charge in [-0.25, -0.2) is 0 Å². The van der Waals surface area contributed by atoms with E-state index in [0.29, 0.717) is 13.2 Å². The second-order valence-corrected chi connectivity index (χ2v) is 5.32. The Morgan fingerprint density at radius 2 is 1.63 bits per heavy atom. The Kier molecular flexibility index (Phi) is 5.73. The Balaban J connectivity index is 1.80. The quantitative estimate of drug-likeness (QED) is 0.525. The van der Waals surface area contributed by atoms with E-state index < -0.39 is 0 Å². The van der Waals surface area contributed by atoms with Crippen molar-refractivity contribution in [3.8, 4) is 11.5 Å². The van der Waals surface area contributed by atoms with Crippen molar-refractivity contribution in [1.82, 2.24) is 0 Å². The van der Waals surface area contributed by atoms with Gasteiger partial charge in [-0.05, 0) is 45.8 Å². The summed E-state index contributed by atoms with van der Waals surface area (Å²) in [6.07, 6.45) is 0. The van der Waals surface area contributed by atoms with Crippen LogP contribution in [0.15, 0.2) is 53.0 Å². The van der Waals surface area contributed by atoms with E-state index in [9.17, 15) is 0 Å². The highest BCUT2D eigenvalue weighted by atomic mass is 79.9. The van der Waals surface area contributed by atoms with Crippen LogP contribution < -0.4 is 9.47 Å². The molecule has 0 saturated carbocycles. The fraction of sp³-hybridized carbons (Fsp3) is 0.200. The van der Waals surface area contributed by atoms with E-state index in [-0.39, 0.29) is 0 Å². The number of ether oxygens (including phenoxy) is 2. The molecule has 0 heterocycles. The third-order valence-corrected chi connectivity index (χ3v) is 3.77. The molecule has 0 aliphatic heterocycles. The predicted molar refractivity (Wildman–Crippen MR) is 84.2 cm³/mol. The van der Waals surface area contributed by atoms with Crippen LogP contribution in [0.5, 0.6) is 11.5 Å². The maximum Gasteiger partial charge on any atom is 0.133 e. The summed E-state index contributed by atoms with van der Waals surface area (Å²) in [5.74, 6) is 1.70. The first-order chi connectivity index (χ1) is 9.29. The Morgan fingerprint density at radius 1 is 0.895 bits per heavy atom. The van der Waals surface area contributed by atoms with Crippen molar-refractivity contribution in [3.05, 3.63) is 58.6 Å². The number of hydrogen-bond donors (Lipinski definition) is 0. The van der Waals surface area contributed by atoms with Crippen LogP contribution in [0.1, 0.15) is 5.56 Å². The van der Waals surface area contributed by atoms with Crippen LogP contribution in [0.2, 0.25) is 0 Å². The van der Waals surface area contributed by atoms with Crippen molar-refractivity contribution in [2.75, 3.05) is 13.2 Å². The zero-order chi connectivity index (χ0) is 13.5. The molecule has 0 aliphatic carbocycles. The number of rotatable bonds is 6. The number of halogens is 2. The maximum atomic E-state index is 5.67. The molecule has 0 saturated heterocycles. The van der Waals surface area contributed by atoms with E-state index >= 15 is 0 Å². The molecule has 4 heteroatoms. The molecule has 0 unspecified atom stereocenters. The van der Waals surface area contributed by atoms with Gasteiger partial charge in [0.1, 0.15) is 24.7 Å². The minimum absolute atomic E-state index is 0.515. The van der Waals surface area contributed by atoms with Crippen LogP contribution in [-0.4, -0.2) is 13.2 Å². The molecule has 0 N–H and O–H groups in total. The van der Waals surface area contributed by atoms with Gasteiger partial charge in [0.05, 0.1) is 4.47 Å². The van der Waals surface area contributed by atoms with Crippen LogP contribution >= 0.6 is 31.9 Å². The molecule has 2 aromatic rings. The second-order valence-electron chi connectivity index (χ2n) is 3.91. The molecule has 0 aromatic heterocycles. The van der Waals surface area contributed by atoms with Crippen molar-refractivity contribution in [3.63, 3.8) is 0 Å². The van der Waals surface area contributed by atoms with Gasteiger partial charge in [0.15, 0.2) is 0 Å². The topological polar surface area (TPSA) is 18.5 Å². The smallest absolute Gasteiger partial charge is 0.133 e. The van der Waals surface area contributed by atoms with Gasteiger partial charge in [-0.1, -0.05) is 40.2 Å². The summed E-state index contributed by atoms with van der Waals surface area (Å²) in [6, 6.07) is 15.8. The molecule has 19 heavy (non-hydrogen) atoms. The Labute approximate surface area is 130 Å². The maximum absolute atomic E-state index is 5.67. The lowest BCUT2D eigenvalue weighted by atomic mass is 10.2. The van der Waals surface area contributed by atoms with Gasteiger partial charge in [0.2, 0.25) is 0 Å². The fourth-order valence-electron chi connectivity index (χ4n) is 1.57. The van der Waals surface area contributed by atoms with Crippen molar-refractivity contribution in [2.45, 2.75) is 5.33 Å². The van der Waals surface area contributed by atoms with Gasteiger partial charge in [0.25, 0.3) is 0 Å². The molecule has 0 aliphatic rings. The summed E-state index contributed by atoms with van der Waals surface area (Å²) in [4.78, 5) is 0. The molecule has 0 amide bonds. The molecule has 0 atom stereocenters. The minimum atomic E-state index is 0.515. The van der Waals surface area contributed by atoms with Crippen molar-refractivity contribution >= 4 is 31.9 Å². The van der Waals surface area contributed by atoms with E-state index in [1.54, 1.807) is 0 Å². The number of hydrogen-bond acceptors (Lipinski definition) is 2. The van der Waals surface area contributed by atoms with Crippen LogP contribution in [0.4, 0.5) is 0 Å². The highest BCUT2D eigenvalue weighted by Gasteiger charge is 2.02.